The number of aryl methyl sites for hydroxylation is 1. The molecule has 27 heavy (non-hydrogen) atoms. The summed E-state index contributed by atoms with van der Waals surface area (Å²) in [6.07, 6.45) is 0.702. The third kappa shape index (κ3) is 3.30. The number of likely N-dealkylation sites (tertiary alicyclic amines) is 1. The highest BCUT2D eigenvalue weighted by Gasteiger charge is 2.30. The fourth-order valence-corrected chi connectivity index (χ4v) is 3.60. The quantitative estimate of drug-likeness (QED) is 0.776. The Hall–Kier alpha value is -3.15. The minimum Gasteiger partial charge on any atom is -0.441 e. The molecule has 4 rings (SSSR count). The van der Waals surface area contributed by atoms with Crippen molar-refractivity contribution < 1.29 is 14.0 Å². The summed E-state index contributed by atoms with van der Waals surface area (Å²) in [6.45, 7) is 2.89. The van der Waals surface area contributed by atoms with E-state index in [0.717, 1.165) is 22.2 Å². The number of fused-ring (bicyclic) bond motifs is 1. The summed E-state index contributed by atoms with van der Waals surface area (Å²) in [5.74, 6) is 0.461. The first-order valence-electron chi connectivity index (χ1n) is 9.03. The maximum absolute atomic E-state index is 12.9. The molecular weight excluding hydrogens is 342 g/mol. The van der Waals surface area contributed by atoms with Gasteiger partial charge in [-0.2, -0.15) is 0 Å². The second-order valence-corrected chi connectivity index (χ2v) is 6.85. The predicted octanol–water partition coefficient (Wildman–Crippen LogP) is 3.01. The lowest BCUT2D eigenvalue weighted by molar-refractivity contribution is -0.124. The van der Waals surface area contributed by atoms with Crippen LogP contribution >= 0.6 is 0 Å². The van der Waals surface area contributed by atoms with Crippen LogP contribution in [0.5, 0.6) is 0 Å². The van der Waals surface area contributed by atoms with Crippen molar-refractivity contribution in [3.63, 3.8) is 0 Å². The van der Waals surface area contributed by atoms with Crippen LogP contribution in [0.2, 0.25) is 0 Å². The third-order valence-corrected chi connectivity index (χ3v) is 5.03. The Bertz CT molecular complexity index is 1020. The van der Waals surface area contributed by atoms with Crippen LogP contribution < -0.4 is 5.32 Å². The summed E-state index contributed by atoms with van der Waals surface area (Å²) in [5.41, 5.74) is 4.11. The van der Waals surface area contributed by atoms with Gasteiger partial charge in [0.2, 0.25) is 5.91 Å². The van der Waals surface area contributed by atoms with Crippen molar-refractivity contribution >= 4 is 22.9 Å². The van der Waals surface area contributed by atoms with Crippen LogP contribution in [0.1, 0.15) is 22.7 Å². The summed E-state index contributed by atoms with van der Waals surface area (Å²) in [5, 5.41) is 2.66. The van der Waals surface area contributed by atoms with Gasteiger partial charge < -0.3 is 14.6 Å². The van der Waals surface area contributed by atoms with E-state index in [1.807, 2.05) is 49.4 Å². The summed E-state index contributed by atoms with van der Waals surface area (Å²) in [4.78, 5) is 30.8. The average Bonchev–Trinajstić information content (AvgIpc) is 3.32. The molecule has 0 saturated carbocycles. The molecule has 3 aromatic rings. The first kappa shape index (κ1) is 17.3. The van der Waals surface area contributed by atoms with Crippen molar-refractivity contribution in [3.05, 3.63) is 53.9 Å². The molecule has 1 saturated heterocycles. The van der Waals surface area contributed by atoms with Crippen LogP contribution in [0.15, 0.2) is 46.9 Å². The molecule has 6 nitrogen and oxygen atoms in total. The Morgan fingerprint density at radius 1 is 1.19 bits per heavy atom. The lowest BCUT2D eigenvalue weighted by Crippen LogP contribution is -2.33. The predicted molar refractivity (Wildman–Crippen MR) is 102 cm³/mol. The van der Waals surface area contributed by atoms with Crippen LogP contribution in [0, 0.1) is 12.8 Å². The number of carbonyl (C=O) groups is 2. The van der Waals surface area contributed by atoms with E-state index in [4.69, 9.17) is 4.42 Å². The molecule has 1 N–H and O–H groups in total. The largest absolute Gasteiger partial charge is 0.441 e. The molecule has 0 unspecified atom stereocenters. The number of hydrogen-bond acceptors (Lipinski definition) is 4. The van der Waals surface area contributed by atoms with Crippen LogP contribution in [-0.4, -0.2) is 41.8 Å². The summed E-state index contributed by atoms with van der Waals surface area (Å²) in [6, 6.07) is 13.4. The molecule has 2 amide bonds. The number of nitrogens with zero attached hydrogens (tertiary/aromatic N) is 2. The van der Waals surface area contributed by atoms with Gasteiger partial charge in [0.1, 0.15) is 5.52 Å². The number of benzene rings is 2. The zero-order valence-corrected chi connectivity index (χ0v) is 15.4. The Labute approximate surface area is 157 Å². The van der Waals surface area contributed by atoms with E-state index < -0.39 is 0 Å². The number of hydrogen-bond donors (Lipinski definition) is 1. The lowest BCUT2D eigenvalue weighted by Gasteiger charge is -2.17. The smallest absolute Gasteiger partial charge is 0.253 e. The highest BCUT2D eigenvalue weighted by molar-refractivity contribution is 5.96. The van der Waals surface area contributed by atoms with Crippen molar-refractivity contribution in [1.29, 1.82) is 0 Å². The molecule has 0 bridgehead atoms. The Balaban J connectivity index is 1.58. The number of oxazole rings is 1. The maximum Gasteiger partial charge on any atom is 0.253 e. The monoisotopic (exact) mass is 363 g/mol. The van der Waals surface area contributed by atoms with E-state index in [2.05, 4.69) is 10.3 Å². The number of aromatic nitrogens is 1. The second kappa shape index (κ2) is 6.87. The van der Waals surface area contributed by atoms with Gasteiger partial charge in [-0.15, -0.1) is 0 Å². The maximum atomic E-state index is 12.9. The van der Waals surface area contributed by atoms with E-state index in [9.17, 15) is 9.59 Å². The van der Waals surface area contributed by atoms with Crippen molar-refractivity contribution in [2.75, 3.05) is 20.1 Å². The van der Waals surface area contributed by atoms with Crippen molar-refractivity contribution in [2.45, 2.75) is 13.3 Å². The summed E-state index contributed by atoms with van der Waals surface area (Å²) < 4.78 is 5.52. The molecule has 0 radical (unpaired) electrons. The second-order valence-electron chi connectivity index (χ2n) is 6.85. The lowest BCUT2D eigenvalue weighted by atomic mass is 10.0. The van der Waals surface area contributed by atoms with E-state index in [1.165, 1.54) is 0 Å². The molecule has 6 heteroatoms. The van der Waals surface area contributed by atoms with Crippen LogP contribution in [0.25, 0.3) is 22.2 Å². The van der Waals surface area contributed by atoms with Crippen LogP contribution in [0.3, 0.4) is 0 Å². The van der Waals surface area contributed by atoms with Crippen LogP contribution in [-0.2, 0) is 4.79 Å². The minimum atomic E-state index is -0.125. The number of nitrogens with one attached hydrogen (secondary N) is 1. The zero-order valence-electron chi connectivity index (χ0n) is 15.4. The number of rotatable bonds is 3. The third-order valence-electron chi connectivity index (χ3n) is 5.03. The molecule has 1 aliphatic rings. The van der Waals surface area contributed by atoms with Gasteiger partial charge in [-0.3, -0.25) is 9.59 Å². The first-order valence-corrected chi connectivity index (χ1v) is 9.03. The van der Waals surface area contributed by atoms with E-state index in [0.29, 0.717) is 31.0 Å². The fourth-order valence-electron chi connectivity index (χ4n) is 3.60. The van der Waals surface area contributed by atoms with Crippen LogP contribution in [0.4, 0.5) is 0 Å². The molecule has 1 fully saturated rings. The number of amides is 2. The Morgan fingerprint density at radius 3 is 2.81 bits per heavy atom. The van der Waals surface area contributed by atoms with Crippen molar-refractivity contribution in [1.82, 2.24) is 15.2 Å². The molecular formula is C21H21N3O3. The first-order chi connectivity index (χ1) is 13.0. The molecule has 0 aliphatic carbocycles. The number of carbonyl (C=O) groups excluding carboxylic acids is 2. The van der Waals surface area contributed by atoms with E-state index >= 15 is 0 Å². The molecule has 1 atom stereocenters. The minimum absolute atomic E-state index is 0.00439. The molecule has 0 spiro atoms. The van der Waals surface area contributed by atoms with E-state index in [-0.39, 0.29) is 17.7 Å². The van der Waals surface area contributed by atoms with Gasteiger partial charge in [-0.1, -0.05) is 18.2 Å². The van der Waals surface area contributed by atoms with Gasteiger partial charge in [-0.25, -0.2) is 4.98 Å². The topological polar surface area (TPSA) is 75.4 Å². The standard InChI is InChI=1S/C21H21N3O3/c1-13-23-18-11-15(6-7-19(18)27-13)14-4-3-5-16(10-14)21(26)24-9-8-17(12-24)20(25)22-2/h3-7,10-11,17H,8-9,12H2,1-2H3,(H,22,25)/t17-/m0/s1. The highest BCUT2D eigenvalue weighted by atomic mass is 16.3. The van der Waals surface area contributed by atoms with Gasteiger partial charge in [0.25, 0.3) is 5.91 Å². The van der Waals surface area contributed by atoms with E-state index in [1.54, 1.807) is 11.9 Å². The molecule has 1 aromatic heterocycles. The zero-order chi connectivity index (χ0) is 19.0. The molecule has 1 aliphatic heterocycles. The van der Waals surface area contributed by atoms with Crippen molar-refractivity contribution in [3.8, 4) is 11.1 Å². The molecule has 2 aromatic carbocycles. The van der Waals surface area contributed by atoms with Gasteiger partial charge in [-0.05, 0) is 41.8 Å². The average molecular weight is 363 g/mol. The SMILES string of the molecule is CNC(=O)[C@H]1CCN(C(=O)c2cccc(-c3ccc4oc(C)nc4c3)c2)C1. The normalized spacial score (nSPS) is 16.7. The highest BCUT2D eigenvalue weighted by Crippen LogP contribution is 2.26. The Morgan fingerprint density at radius 2 is 2.00 bits per heavy atom. The molecule has 2 heterocycles. The summed E-state index contributed by atoms with van der Waals surface area (Å²) >= 11 is 0. The van der Waals surface area contributed by atoms with Crippen molar-refractivity contribution in [2.24, 2.45) is 5.92 Å². The van der Waals surface area contributed by atoms with Gasteiger partial charge >= 0.3 is 0 Å². The summed E-state index contributed by atoms with van der Waals surface area (Å²) in [7, 11) is 1.63. The Kier molecular flexibility index (Phi) is 4.39. The fraction of sp³-hybridized carbons (Fsp3) is 0.286. The van der Waals surface area contributed by atoms with Gasteiger partial charge in [0.15, 0.2) is 11.5 Å². The molecule has 138 valence electrons. The van der Waals surface area contributed by atoms with Gasteiger partial charge in [0.05, 0.1) is 5.92 Å². The van der Waals surface area contributed by atoms with Gasteiger partial charge in [0, 0.05) is 32.6 Å².